The summed E-state index contributed by atoms with van der Waals surface area (Å²) in [4.78, 5) is 18.7. The second kappa shape index (κ2) is 6.70. The number of hydrogen-bond donors (Lipinski definition) is 0. The van der Waals surface area contributed by atoms with E-state index in [1.165, 1.54) is 20.3 Å². The molecule has 0 aliphatic carbocycles. The molecule has 0 aliphatic heterocycles. The number of carbonyl (C=O) groups excluding carboxylic acids is 1. The molecule has 1 aromatic heterocycles. The number of azide groups is 1. The van der Waals surface area contributed by atoms with Crippen LogP contribution in [0.1, 0.15) is 15.9 Å². The molecule has 0 atom stereocenters. The Labute approximate surface area is 135 Å². The van der Waals surface area contributed by atoms with Crippen molar-refractivity contribution in [3.05, 3.63) is 43.7 Å². The lowest BCUT2D eigenvalue weighted by Gasteiger charge is -2.12. The number of ether oxygens (including phenoxy) is 2. The van der Waals surface area contributed by atoms with Gasteiger partial charge in [0.2, 0.25) is 5.88 Å². The molecule has 0 amide bonds. The van der Waals surface area contributed by atoms with Gasteiger partial charge in [-0.3, -0.25) is 0 Å². The molecule has 114 valence electrons. The lowest BCUT2D eigenvalue weighted by atomic mass is 10.1. The van der Waals surface area contributed by atoms with Crippen molar-refractivity contribution in [1.29, 1.82) is 0 Å². The highest BCUT2D eigenvalue weighted by Crippen LogP contribution is 2.35. The van der Waals surface area contributed by atoms with Crippen LogP contribution in [0.5, 0.6) is 5.88 Å². The number of methoxy groups -OCH3 is 2. The number of benzene rings is 1. The molecule has 1 aromatic carbocycles. The second-order valence-corrected chi connectivity index (χ2v) is 4.93. The summed E-state index contributed by atoms with van der Waals surface area (Å²) < 4.78 is 9.81. The van der Waals surface area contributed by atoms with Crippen molar-refractivity contribution in [2.75, 3.05) is 14.2 Å². The van der Waals surface area contributed by atoms with Gasteiger partial charge >= 0.3 is 5.97 Å². The summed E-state index contributed by atoms with van der Waals surface area (Å²) in [7, 11) is 2.64. The molecule has 0 aliphatic rings. The minimum Gasteiger partial charge on any atom is -0.480 e. The summed E-state index contributed by atoms with van der Waals surface area (Å²) in [6, 6.07) is 3.10. The maximum absolute atomic E-state index is 11.8. The monoisotopic (exact) mass is 340 g/mol. The van der Waals surface area contributed by atoms with Crippen LogP contribution in [-0.2, 0) is 11.3 Å². The maximum atomic E-state index is 11.8. The number of aromatic nitrogens is 1. The topological polar surface area (TPSA) is 97.2 Å². The molecular formula is C13H10Cl2N4O3. The Hall–Kier alpha value is -2.21. The first-order valence-electron chi connectivity index (χ1n) is 5.98. The van der Waals surface area contributed by atoms with Crippen LogP contribution in [0, 0.1) is 0 Å². The van der Waals surface area contributed by atoms with E-state index in [0.29, 0.717) is 16.5 Å². The van der Waals surface area contributed by atoms with E-state index >= 15 is 0 Å². The van der Waals surface area contributed by atoms with E-state index in [1.807, 2.05) is 0 Å². The highest BCUT2D eigenvalue weighted by atomic mass is 35.5. The summed E-state index contributed by atoms with van der Waals surface area (Å²) in [6.45, 7) is -0.0277. The highest BCUT2D eigenvalue weighted by molar-refractivity contribution is 6.43. The van der Waals surface area contributed by atoms with Crippen LogP contribution in [0.4, 0.5) is 0 Å². The molecule has 0 bridgehead atoms. The first kappa shape index (κ1) is 16.2. The molecule has 9 heteroatoms. The highest BCUT2D eigenvalue weighted by Gasteiger charge is 2.19. The Morgan fingerprint density at radius 1 is 1.41 bits per heavy atom. The Kier molecular flexibility index (Phi) is 4.92. The summed E-state index contributed by atoms with van der Waals surface area (Å²) in [5.41, 5.74) is 9.54. The number of fused-ring (bicyclic) bond motifs is 1. The van der Waals surface area contributed by atoms with Crippen LogP contribution in [-0.4, -0.2) is 25.2 Å². The molecule has 1 heterocycles. The maximum Gasteiger partial charge on any atom is 0.343 e. The SMILES string of the molecule is COC(=O)c1cc2cc(Cl)c(Cl)c(CN=[N+]=[N-])c2nc1OC. The number of pyridine rings is 1. The first-order valence-corrected chi connectivity index (χ1v) is 6.73. The average Bonchev–Trinajstić information content (AvgIpc) is 2.53. The fourth-order valence-corrected chi connectivity index (χ4v) is 2.41. The van der Waals surface area contributed by atoms with E-state index < -0.39 is 5.97 Å². The zero-order valence-corrected chi connectivity index (χ0v) is 13.1. The Morgan fingerprint density at radius 2 is 2.14 bits per heavy atom. The van der Waals surface area contributed by atoms with Gasteiger partial charge < -0.3 is 9.47 Å². The largest absolute Gasteiger partial charge is 0.480 e. The number of nitrogens with zero attached hydrogens (tertiary/aromatic N) is 4. The average molecular weight is 341 g/mol. The van der Waals surface area contributed by atoms with Crippen molar-refractivity contribution in [2.45, 2.75) is 6.54 Å². The van der Waals surface area contributed by atoms with Gasteiger partial charge in [-0.15, -0.1) is 0 Å². The number of halogens is 2. The third-order valence-corrected chi connectivity index (χ3v) is 3.78. The summed E-state index contributed by atoms with van der Waals surface area (Å²) in [5, 5.41) is 4.54. The molecule has 0 radical (unpaired) electrons. The Morgan fingerprint density at radius 3 is 2.73 bits per heavy atom. The first-order chi connectivity index (χ1) is 10.5. The van der Waals surface area contributed by atoms with Crippen LogP contribution >= 0.6 is 23.2 Å². The van der Waals surface area contributed by atoms with Crippen LogP contribution in [0.15, 0.2) is 17.2 Å². The van der Waals surface area contributed by atoms with E-state index in [9.17, 15) is 4.79 Å². The van der Waals surface area contributed by atoms with Crippen molar-refractivity contribution in [3.63, 3.8) is 0 Å². The Balaban J connectivity index is 2.81. The lowest BCUT2D eigenvalue weighted by Crippen LogP contribution is -2.06. The number of carbonyl (C=O) groups is 1. The molecule has 7 nitrogen and oxygen atoms in total. The van der Waals surface area contributed by atoms with Crippen molar-refractivity contribution in [3.8, 4) is 5.88 Å². The predicted octanol–water partition coefficient (Wildman–Crippen LogP) is 4.15. The summed E-state index contributed by atoms with van der Waals surface area (Å²) in [5.74, 6) is -0.506. The summed E-state index contributed by atoms with van der Waals surface area (Å²) in [6.07, 6.45) is 0. The van der Waals surface area contributed by atoms with Crippen molar-refractivity contribution in [2.24, 2.45) is 5.11 Å². The fourth-order valence-electron chi connectivity index (χ4n) is 1.97. The van der Waals surface area contributed by atoms with Gasteiger partial charge in [-0.05, 0) is 17.7 Å². The van der Waals surface area contributed by atoms with E-state index in [0.717, 1.165) is 0 Å². The van der Waals surface area contributed by atoms with Crippen LogP contribution in [0.2, 0.25) is 10.0 Å². The van der Waals surface area contributed by atoms with Crippen LogP contribution in [0.25, 0.3) is 21.3 Å². The van der Waals surface area contributed by atoms with E-state index in [1.54, 1.807) is 6.07 Å². The number of rotatable bonds is 4. The van der Waals surface area contributed by atoms with E-state index in [-0.39, 0.29) is 28.0 Å². The van der Waals surface area contributed by atoms with Crippen molar-refractivity contribution >= 4 is 40.1 Å². The molecule has 22 heavy (non-hydrogen) atoms. The zero-order valence-electron chi connectivity index (χ0n) is 11.6. The minimum atomic E-state index is -0.589. The zero-order chi connectivity index (χ0) is 16.3. The standard InChI is InChI=1S/C13H10Cl2N4O3/c1-21-12-7(13(20)22-2)3-6-4-9(14)10(15)8(5-17-19-16)11(6)18-12/h3-4H,5H2,1-2H3. The molecule has 0 saturated carbocycles. The molecule has 0 unspecified atom stereocenters. The second-order valence-electron chi connectivity index (χ2n) is 4.15. The molecule has 0 saturated heterocycles. The van der Waals surface area contributed by atoms with Gasteiger partial charge in [0.05, 0.1) is 36.3 Å². The van der Waals surface area contributed by atoms with Crippen LogP contribution in [0.3, 0.4) is 0 Å². The smallest absolute Gasteiger partial charge is 0.343 e. The fraction of sp³-hybridized carbons (Fsp3) is 0.231. The third kappa shape index (κ3) is 2.87. The van der Waals surface area contributed by atoms with Gasteiger partial charge in [-0.2, -0.15) is 0 Å². The number of esters is 1. The Bertz CT molecular complexity index is 804. The number of hydrogen-bond acceptors (Lipinski definition) is 5. The van der Waals surface area contributed by atoms with Crippen molar-refractivity contribution < 1.29 is 14.3 Å². The van der Waals surface area contributed by atoms with Gasteiger partial charge in [-0.1, -0.05) is 28.3 Å². The molecular weight excluding hydrogens is 331 g/mol. The third-order valence-electron chi connectivity index (χ3n) is 2.95. The minimum absolute atomic E-state index is 0.0277. The normalized spacial score (nSPS) is 10.2. The lowest BCUT2D eigenvalue weighted by molar-refractivity contribution is 0.0596. The van der Waals surface area contributed by atoms with Gasteiger partial charge in [0.15, 0.2) is 0 Å². The predicted molar refractivity (Wildman–Crippen MR) is 82.5 cm³/mol. The molecule has 2 rings (SSSR count). The molecule has 0 N–H and O–H groups in total. The van der Waals surface area contributed by atoms with E-state index in [4.69, 9.17) is 38.2 Å². The quantitative estimate of drug-likeness (QED) is 0.361. The molecule has 0 fully saturated rings. The van der Waals surface area contributed by atoms with Gasteiger partial charge in [0.25, 0.3) is 0 Å². The van der Waals surface area contributed by atoms with Gasteiger partial charge in [-0.25, -0.2) is 9.78 Å². The van der Waals surface area contributed by atoms with E-state index in [2.05, 4.69) is 15.0 Å². The molecule has 0 spiro atoms. The summed E-state index contributed by atoms with van der Waals surface area (Å²) >= 11 is 12.2. The van der Waals surface area contributed by atoms with Crippen molar-refractivity contribution in [1.82, 2.24) is 4.98 Å². The van der Waals surface area contributed by atoms with Crippen LogP contribution < -0.4 is 4.74 Å². The van der Waals surface area contributed by atoms with Gasteiger partial charge in [0, 0.05) is 15.9 Å². The van der Waals surface area contributed by atoms with Gasteiger partial charge in [0.1, 0.15) is 5.56 Å². The molecule has 2 aromatic rings.